The highest BCUT2D eigenvalue weighted by Gasteiger charge is 2.37. The Hall–Kier alpha value is -7.10. The van der Waals surface area contributed by atoms with E-state index in [1.165, 1.54) is 38.6 Å². The van der Waals surface area contributed by atoms with E-state index in [1.807, 2.05) is 36.4 Å². The zero-order valence-corrected chi connectivity index (χ0v) is 31.1. The van der Waals surface area contributed by atoms with Gasteiger partial charge in [-0.2, -0.15) is 0 Å². The molecule has 0 N–H and O–H groups in total. The van der Waals surface area contributed by atoms with Gasteiger partial charge in [-0.05, 0) is 86.1 Å². The Morgan fingerprint density at radius 3 is 1.86 bits per heavy atom. The molecule has 0 spiro atoms. The van der Waals surface area contributed by atoms with E-state index in [0.29, 0.717) is 5.82 Å². The van der Waals surface area contributed by atoms with E-state index < -0.39 is 0 Å². The number of hydrogen-bond acceptors (Lipinski definition) is 3. The van der Waals surface area contributed by atoms with Gasteiger partial charge in [0.1, 0.15) is 11.2 Å². The number of benzene rings is 8. The molecule has 3 heteroatoms. The van der Waals surface area contributed by atoms with Crippen molar-refractivity contribution in [1.29, 1.82) is 0 Å². The van der Waals surface area contributed by atoms with Gasteiger partial charge >= 0.3 is 0 Å². The molecule has 3 nitrogen and oxygen atoms in total. The summed E-state index contributed by atoms with van der Waals surface area (Å²) in [6.07, 6.45) is 0. The van der Waals surface area contributed by atoms with E-state index in [9.17, 15) is 0 Å². The van der Waals surface area contributed by atoms with E-state index in [0.717, 1.165) is 66.7 Å². The van der Waals surface area contributed by atoms with Crippen molar-refractivity contribution in [3.8, 4) is 67.3 Å². The molecule has 0 saturated heterocycles. The van der Waals surface area contributed by atoms with Gasteiger partial charge in [0.05, 0.1) is 11.4 Å². The first-order chi connectivity index (χ1) is 27.5. The number of hydrogen-bond donors (Lipinski definition) is 0. The van der Waals surface area contributed by atoms with Crippen molar-refractivity contribution in [1.82, 2.24) is 9.97 Å². The standard InChI is InChI=1S/C53H36N2O/c1-53(2)45-26-15-25-41(50(45)44-28-35-20-9-10-21-36(35)31-46(44)53)38-22-11-12-23-39(38)48-32-47(54-52(55-48)34-18-7-4-8-19-34)37-29-42(33-16-5-3-6-17-33)51-43(30-37)40-24-13-14-27-49(40)56-51/h3-32H,1-2H3. The Bertz CT molecular complexity index is 3160. The maximum absolute atomic E-state index is 6.55. The van der Waals surface area contributed by atoms with Gasteiger partial charge in [0.15, 0.2) is 5.82 Å². The number of nitrogens with zero attached hydrogens (tertiary/aromatic N) is 2. The predicted octanol–water partition coefficient (Wildman–Crippen LogP) is 14.2. The smallest absolute Gasteiger partial charge is 0.160 e. The van der Waals surface area contributed by atoms with Crippen LogP contribution in [0.4, 0.5) is 0 Å². The third-order valence-corrected chi connectivity index (χ3v) is 11.7. The predicted molar refractivity (Wildman–Crippen MR) is 232 cm³/mol. The molecule has 0 aliphatic heterocycles. The number of fused-ring (bicyclic) bond motifs is 7. The minimum atomic E-state index is -0.144. The molecule has 0 bridgehead atoms. The highest BCUT2D eigenvalue weighted by atomic mass is 16.3. The van der Waals surface area contributed by atoms with Crippen molar-refractivity contribution in [2.24, 2.45) is 0 Å². The summed E-state index contributed by atoms with van der Waals surface area (Å²) in [7, 11) is 0. The maximum Gasteiger partial charge on any atom is 0.160 e. The van der Waals surface area contributed by atoms with Gasteiger partial charge in [0.2, 0.25) is 0 Å². The summed E-state index contributed by atoms with van der Waals surface area (Å²) in [4.78, 5) is 10.6. The Morgan fingerprint density at radius 1 is 0.411 bits per heavy atom. The Morgan fingerprint density at radius 2 is 1.05 bits per heavy atom. The lowest BCUT2D eigenvalue weighted by molar-refractivity contribution is 0.661. The highest BCUT2D eigenvalue weighted by Crippen LogP contribution is 2.54. The lowest BCUT2D eigenvalue weighted by atomic mass is 9.81. The molecule has 2 heterocycles. The van der Waals surface area contributed by atoms with Crippen LogP contribution in [-0.2, 0) is 5.41 Å². The topological polar surface area (TPSA) is 38.9 Å². The van der Waals surface area contributed by atoms with Gasteiger partial charge in [0.25, 0.3) is 0 Å². The lowest BCUT2D eigenvalue weighted by Crippen LogP contribution is -2.14. The van der Waals surface area contributed by atoms with Crippen molar-refractivity contribution in [3.63, 3.8) is 0 Å². The fraction of sp³-hybridized carbons (Fsp3) is 0.0566. The van der Waals surface area contributed by atoms with E-state index in [-0.39, 0.29) is 5.41 Å². The second-order valence-corrected chi connectivity index (χ2v) is 15.3. The van der Waals surface area contributed by atoms with Gasteiger partial charge in [-0.3, -0.25) is 0 Å². The molecule has 0 saturated carbocycles. The average molecular weight is 717 g/mol. The largest absolute Gasteiger partial charge is 0.455 e. The van der Waals surface area contributed by atoms with Crippen LogP contribution >= 0.6 is 0 Å². The molecule has 8 aromatic carbocycles. The Labute approximate surface area is 325 Å². The summed E-state index contributed by atoms with van der Waals surface area (Å²) in [5.74, 6) is 0.683. The second-order valence-electron chi connectivity index (χ2n) is 15.3. The molecule has 0 amide bonds. The second kappa shape index (κ2) is 12.5. The van der Waals surface area contributed by atoms with Crippen molar-refractivity contribution >= 4 is 32.7 Å². The lowest BCUT2D eigenvalue weighted by Gasteiger charge is -2.22. The summed E-state index contributed by atoms with van der Waals surface area (Å²) >= 11 is 0. The van der Waals surface area contributed by atoms with Gasteiger partial charge in [0, 0.05) is 38.4 Å². The van der Waals surface area contributed by atoms with Crippen LogP contribution < -0.4 is 0 Å². The molecule has 1 aliphatic rings. The number of furan rings is 1. The van der Waals surface area contributed by atoms with Crippen LogP contribution in [0.2, 0.25) is 0 Å². The molecule has 0 unspecified atom stereocenters. The molecule has 0 fully saturated rings. The van der Waals surface area contributed by atoms with Crippen molar-refractivity contribution in [3.05, 3.63) is 193 Å². The summed E-state index contributed by atoms with van der Waals surface area (Å²) < 4.78 is 6.55. The van der Waals surface area contributed by atoms with Crippen LogP contribution in [0.15, 0.2) is 186 Å². The summed E-state index contributed by atoms with van der Waals surface area (Å²) in [6.45, 7) is 4.71. The Kier molecular flexibility index (Phi) is 7.20. The molecule has 0 atom stereocenters. The van der Waals surface area contributed by atoms with Gasteiger partial charge in [-0.1, -0.05) is 159 Å². The summed E-state index contributed by atoms with van der Waals surface area (Å²) in [5.41, 5.74) is 16.1. The molecule has 11 rings (SSSR count). The average Bonchev–Trinajstić information content (AvgIpc) is 3.74. The normalized spacial score (nSPS) is 13.0. The first kappa shape index (κ1) is 32.3. The quantitative estimate of drug-likeness (QED) is 0.178. The minimum absolute atomic E-state index is 0.144. The van der Waals surface area contributed by atoms with Gasteiger partial charge in [-0.15, -0.1) is 0 Å². The number of aromatic nitrogens is 2. The molecule has 1 aliphatic carbocycles. The summed E-state index contributed by atoms with van der Waals surface area (Å²) in [6, 6.07) is 64.7. The Balaban J connectivity index is 1.16. The number of rotatable bonds is 5. The van der Waals surface area contributed by atoms with Gasteiger partial charge < -0.3 is 4.42 Å². The van der Waals surface area contributed by atoms with E-state index >= 15 is 0 Å². The molecular formula is C53H36N2O. The van der Waals surface area contributed by atoms with Crippen molar-refractivity contribution < 1.29 is 4.42 Å². The molecule has 2 aromatic heterocycles. The van der Waals surface area contributed by atoms with Crippen LogP contribution in [0.3, 0.4) is 0 Å². The maximum atomic E-state index is 6.55. The van der Waals surface area contributed by atoms with E-state index in [4.69, 9.17) is 14.4 Å². The minimum Gasteiger partial charge on any atom is -0.455 e. The van der Waals surface area contributed by atoms with Crippen LogP contribution in [-0.4, -0.2) is 9.97 Å². The van der Waals surface area contributed by atoms with Crippen LogP contribution in [0.1, 0.15) is 25.0 Å². The first-order valence-corrected chi connectivity index (χ1v) is 19.2. The molecule has 264 valence electrons. The van der Waals surface area contributed by atoms with Crippen molar-refractivity contribution in [2.75, 3.05) is 0 Å². The fourth-order valence-corrected chi connectivity index (χ4v) is 8.89. The molecular weight excluding hydrogens is 681 g/mol. The van der Waals surface area contributed by atoms with E-state index in [2.05, 4.69) is 159 Å². The molecule has 0 radical (unpaired) electrons. The highest BCUT2D eigenvalue weighted by molar-refractivity contribution is 6.11. The third-order valence-electron chi connectivity index (χ3n) is 11.7. The van der Waals surface area contributed by atoms with Crippen LogP contribution in [0.25, 0.3) is 100.0 Å². The van der Waals surface area contributed by atoms with Crippen molar-refractivity contribution in [2.45, 2.75) is 19.3 Å². The molecule has 56 heavy (non-hydrogen) atoms. The van der Waals surface area contributed by atoms with Gasteiger partial charge in [-0.25, -0.2) is 9.97 Å². The number of para-hydroxylation sites is 1. The zero-order valence-electron chi connectivity index (χ0n) is 31.1. The summed E-state index contributed by atoms with van der Waals surface area (Å²) in [5, 5.41) is 4.67. The fourth-order valence-electron chi connectivity index (χ4n) is 8.89. The van der Waals surface area contributed by atoms with Crippen LogP contribution in [0, 0.1) is 0 Å². The molecule has 10 aromatic rings. The first-order valence-electron chi connectivity index (χ1n) is 19.2. The van der Waals surface area contributed by atoms with E-state index in [1.54, 1.807) is 0 Å². The van der Waals surface area contributed by atoms with Crippen LogP contribution in [0.5, 0.6) is 0 Å². The SMILES string of the molecule is CC1(C)c2cc3ccccc3cc2-c2c(-c3ccccc3-c3cc(-c4cc(-c5ccccc5)c5oc6ccccc6c5c4)nc(-c4ccccc4)n3)cccc21. The third kappa shape index (κ3) is 5.05. The monoisotopic (exact) mass is 716 g/mol. The zero-order chi connectivity index (χ0) is 37.4.